The zero-order chi connectivity index (χ0) is 14.7. The minimum absolute atomic E-state index is 0.0582. The molecular formula is C12H16N4O4. The van der Waals surface area contributed by atoms with Crippen molar-refractivity contribution < 1.29 is 14.5 Å². The SMILES string of the molecule is COC1CCCC1NC(=O)c1cc(N)ncc1[N+](=O)[O-]. The average Bonchev–Trinajstić information content (AvgIpc) is 2.85. The predicted molar refractivity (Wildman–Crippen MR) is 71.2 cm³/mol. The third kappa shape index (κ3) is 2.85. The summed E-state index contributed by atoms with van der Waals surface area (Å²) >= 11 is 0. The molecule has 1 aromatic rings. The van der Waals surface area contributed by atoms with Crippen LogP contribution in [0.2, 0.25) is 0 Å². The molecule has 8 nitrogen and oxygen atoms in total. The van der Waals surface area contributed by atoms with Gasteiger partial charge in [-0.05, 0) is 25.3 Å². The number of hydrogen-bond acceptors (Lipinski definition) is 6. The van der Waals surface area contributed by atoms with Crippen molar-refractivity contribution in [3.8, 4) is 0 Å². The number of anilines is 1. The zero-order valence-corrected chi connectivity index (χ0v) is 11.0. The maximum atomic E-state index is 12.2. The Balaban J connectivity index is 2.20. The molecule has 2 rings (SSSR count). The van der Waals surface area contributed by atoms with Crippen LogP contribution in [0.1, 0.15) is 29.6 Å². The number of nitro groups is 1. The van der Waals surface area contributed by atoms with Crippen LogP contribution in [-0.2, 0) is 4.74 Å². The highest BCUT2D eigenvalue weighted by Crippen LogP contribution is 2.24. The number of aromatic nitrogens is 1. The van der Waals surface area contributed by atoms with Gasteiger partial charge in [0.1, 0.15) is 17.6 Å². The predicted octanol–water partition coefficient (Wildman–Crippen LogP) is 0.869. The highest BCUT2D eigenvalue weighted by Gasteiger charge is 2.30. The van der Waals surface area contributed by atoms with E-state index in [4.69, 9.17) is 10.5 Å². The number of nitrogen functional groups attached to an aromatic ring is 1. The molecule has 1 heterocycles. The van der Waals surface area contributed by atoms with E-state index in [9.17, 15) is 14.9 Å². The lowest BCUT2D eigenvalue weighted by atomic mass is 10.1. The van der Waals surface area contributed by atoms with Gasteiger partial charge in [0, 0.05) is 7.11 Å². The summed E-state index contributed by atoms with van der Waals surface area (Å²) < 4.78 is 5.28. The molecule has 1 amide bonds. The number of carbonyl (C=O) groups is 1. The molecular weight excluding hydrogens is 264 g/mol. The number of nitrogens with one attached hydrogen (secondary N) is 1. The van der Waals surface area contributed by atoms with Gasteiger partial charge in [0.25, 0.3) is 11.6 Å². The van der Waals surface area contributed by atoms with Crippen LogP contribution in [0.3, 0.4) is 0 Å². The first-order valence-electron chi connectivity index (χ1n) is 6.26. The first kappa shape index (κ1) is 14.2. The minimum Gasteiger partial charge on any atom is -0.384 e. The van der Waals surface area contributed by atoms with Gasteiger partial charge in [-0.3, -0.25) is 14.9 Å². The molecule has 1 saturated carbocycles. The molecule has 2 atom stereocenters. The van der Waals surface area contributed by atoms with Crippen molar-refractivity contribution in [1.82, 2.24) is 10.3 Å². The second-order valence-corrected chi connectivity index (χ2v) is 4.67. The number of rotatable bonds is 4. The van der Waals surface area contributed by atoms with E-state index >= 15 is 0 Å². The molecule has 108 valence electrons. The summed E-state index contributed by atoms with van der Waals surface area (Å²) in [5.74, 6) is -0.463. The van der Waals surface area contributed by atoms with E-state index in [2.05, 4.69) is 10.3 Å². The number of pyridine rings is 1. The van der Waals surface area contributed by atoms with Crippen molar-refractivity contribution in [2.45, 2.75) is 31.4 Å². The fourth-order valence-electron chi connectivity index (χ4n) is 2.41. The first-order chi connectivity index (χ1) is 9.52. The van der Waals surface area contributed by atoms with Gasteiger partial charge in [0.05, 0.1) is 17.1 Å². The Hall–Kier alpha value is -2.22. The molecule has 0 saturated heterocycles. The van der Waals surface area contributed by atoms with Gasteiger partial charge in [-0.1, -0.05) is 0 Å². The van der Waals surface area contributed by atoms with Crippen LogP contribution in [-0.4, -0.2) is 35.1 Å². The largest absolute Gasteiger partial charge is 0.384 e. The van der Waals surface area contributed by atoms with Crippen molar-refractivity contribution in [2.24, 2.45) is 0 Å². The summed E-state index contributed by atoms with van der Waals surface area (Å²) in [7, 11) is 1.59. The Bertz CT molecular complexity index is 534. The summed E-state index contributed by atoms with van der Waals surface area (Å²) in [6, 6.07) is 1.08. The molecule has 0 aromatic carbocycles. The third-order valence-electron chi connectivity index (χ3n) is 3.42. The molecule has 20 heavy (non-hydrogen) atoms. The second kappa shape index (κ2) is 5.83. The third-order valence-corrected chi connectivity index (χ3v) is 3.42. The van der Waals surface area contributed by atoms with Crippen LogP contribution >= 0.6 is 0 Å². The molecule has 1 aromatic heterocycles. The van der Waals surface area contributed by atoms with Crippen LogP contribution in [0.4, 0.5) is 11.5 Å². The van der Waals surface area contributed by atoms with Crippen LogP contribution in [0.25, 0.3) is 0 Å². The first-order valence-corrected chi connectivity index (χ1v) is 6.26. The Morgan fingerprint density at radius 2 is 2.35 bits per heavy atom. The average molecular weight is 280 g/mol. The lowest BCUT2D eigenvalue weighted by Crippen LogP contribution is -2.40. The molecule has 2 unspecified atom stereocenters. The number of nitrogens with two attached hydrogens (primary N) is 1. The van der Waals surface area contributed by atoms with E-state index in [0.717, 1.165) is 25.5 Å². The summed E-state index contributed by atoms with van der Waals surface area (Å²) in [6.07, 6.45) is 3.54. The minimum atomic E-state index is -0.649. The van der Waals surface area contributed by atoms with E-state index in [-0.39, 0.29) is 29.2 Å². The molecule has 1 fully saturated rings. The number of nitrogens with zero attached hydrogens (tertiary/aromatic N) is 2. The van der Waals surface area contributed by atoms with Crippen LogP contribution in [0.15, 0.2) is 12.3 Å². The monoisotopic (exact) mass is 280 g/mol. The maximum absolute atomic E-state index is 12.2. The second-order valence-electron chi connectivity index (χ2n) is 4.67. The van der Waals surface area contributed by atoms with E-state index in [1.807, 2.05) is 0 Å². The Kier molecular flexibility index (Phi) is 4.14. The topological polar surface area (TPSA) is 120 Å². The summed E-state index contributed by atoms with van der Waals surface area (Å²) in [5.41, 5.74) is 5.05. The standard InChI is InChI=1S/C12H16N4O4/c1-20-10-4-2-3-8(10)15-12(17)7-5-11(13)14-6-9(7)16(18)19/h5-6,8,10H,2-4H2,1H3,(H2,13,14)(H,15,17). The van der Waals surface area contributed by atoms with Crippen molar-refractivity contribution >= 4 is 17.4 Å². The number of carbonyl (C=O) groups excluding carboxylic acids is 1. The fraction of sp³-hybridized carbons (Fsp3) is 0.500. The van der Waals surface area contributed by atoms with Crippen molar-refractivity contribution in [3.63, 3.8) is 0 Å². The smallest absolute Gasteiger partial charge is 0.300 e. The highest BCUT2D eigenvalue weighted by molar-refractivity contribution is 5.98. The van der Waals surface area contributed by atoms with Crippen LogP contribution in [0.5, 0.6) is 0 Å². The van der Waals surface area contributed by atoms with Gasteiger partial charge in [0.2, 0.25) is 0 Å². The van der Waals surface area contributed by atoms with Crippen LogP contribution < -0.4 is 11.1 Å². The number of methoxy groups -OCH3 is 1. The Morgan fingerprint density at radius 1 is 1.60 bits per heavy atom. The quantitative estimate of drug-likeness (QED) is 0.623. The molecule has 1 aliphatic carbocycles. The number of hydrogen-bond donors (Lipinski definition) is 2. The highest BCUT2D eigenvalue weighted by atomic mass is 16.6. The van der Waals surface area contributed by atoms with E-state index < -0.39 is 10.8 Å². The number of amides is 1. The van der Waals surface area contributed by atoms with Gasteiger partial charge in [-0.2, -0.15) is 0 Å². The lowest BCUT2D eigenvalue weighted by molar-refractivity contribution is -0.385. The van der Waals surface area contributed by atoms with Crippen molar-refractivity contribution in [1.29, 1.82) is 0 Å². The summed E-state index contributed by atoms with van der Waals surface area (Å²) in [4.78, 5) is 26.1. The van der Waals surface area contributed by atoms with Crippen LogP contribution in [0, 0.1) is 10.1 Å². The molecule has 0 radical (unpaired) electrons. The fourth-order valence-corrected chi connectivity index (χ4v) is 2.41. The zero-order valence-electron chi connectivity index (χ0n) is 11.0. The van der Waals surface area contributed by atoms with Crippen molar-refractivity contribution in [2.75, 3.05) is 12.8 Å². The molecule has 3 N–H and O–H groups in total. The normalized spacial score (nSPS) is 21.6. The molecule has 0 spiro atoms. The van der Waals surface area contributed by atoms with Crippen molar-refractivity contribution in [3.05, 3.63) is 27.9 Å². The van der Waals surface area contributed by atoms with Gasteiger partial charge >= 0.3 is 0 Å². The molecule has 8 heteroatoms. The number of ether oxygens (including phenoxy) is 1. The van der Waals surface area contributed by atoms with E-state index in [1.165, 1.54) is 6.07 Å². The summed E-state index contributed by atoms with van der Waals surface area (Å²) in [6.45, 7) is 0. The van der Waals surface area contributed by atoms with Gasteiger partial charge in [0.15, 0.2) is 0 Å². The Labute approximate surface area is 115 Å². The van der Waals surface area contributed by atoms with E-state index in [0.29, 0.717) is 0 Å². The van der Waals surface area contributed by atoms with Gasteiger partial charge in [-0.25, -0.2) is 4.98 Å². The molecule has 0 bridgehead atoms. The van der Waals surface area contributed by atoms with Gasteiger partial charge < -0.3 is 15.8 Å². The lowest BCUT2D eigenvalue weighted by Gasteiger charge is -2.19. The summed E-state index contributed by atoms with van der Waals surface area (Å²) in [5, 5.41) is 13.7. The van der Waals surface area contributed by atoms with E-state index in [1.54, 1.807) is 7.11 Å². The maximum Gasteiger partial charge on any atom is 0.300 e. The molecule has 1 aliphatic rings. The Morgan fingerprint density at radius 3 is 3.00 bits per heavy atom. The molecule has 0 aliphatic heterocycles. The van der Waals surface area contributed by atoms with Gasteiger partial charge in [-0.15, -0.1) is 0 Å².